The third-order valence-electron chi connectivity index (χ3n) is 3.93. The van der Waals surface area contributed by atoms with E-state index < -0.39 is 0 Å². The highest BCUT2D eigenvalue weighted by molar-refractivity contribution is 5.00. The van der Waals surface area contributed by atoms with Crippen molar-refractivity contribution in [2.24, 2.45) is 18.7 Å². The van der Waals surface area contributed by atoms with Crippen LogP contribution in [-0.2, 0) is 13.6 Å². The van der Waals surface area contributed by atoms with Crippen molar-refractivity contribution in [3.8, 4) is 0 Å². The molecular formula is C13H24N4. The van der Waals surface area contributed by atoms with Crippen molar-refractivity contribution < 1.29 is 0 Å². The third-order valence-corrected chi connectivity index (χ3v) is 3.93. The first kappa shape index (κ1) is 12.6. The molecule has 0 spiro atoms. The smallest absolute Gasteiger partial charge is 0.0764 e. The van der Waals surface area contributed by atoms with Crippen LogP contribution in [0.1, 0.15) is 31.9 Å². The molecule has 2 rings (SSSR count). The molecular weight excluding hydrogens is 212 g/mol. The van der Waals surface area contributed by atoms with Gasteiger partial charge in [0.25, 0.3) is 0 Å². The van der Waals surface area contributed by atoms with Crippen LogP contribution in [0.25, 0.3) is 0 Å². The molecule has 1 saturated carbocycles. The number of nitrogens with two attached hydrogens (primary N) is 1. The summed E-state index contributed by atoms with van der Waals surface area (Å²) in [4.78, 5) is 2.53. The summed E-state index contributed by atoms with van der Waals surface area (Å²) in [6, 6.07) is 2.77. The van der Waals surface area contributed by atoms with Gasteiger partial charge < -0.3 is 5.73 Å². The number of aryl methyl sites for hydroxylation is 1. The van der Waals surface area contributed by atoms with Gasteiger partial charge in [-0.1, -0.05) is 13.3 Å². The lowest BCUT2D eigenvalue weighted by Gasteiger charge is -2.31. The molecule has 0 saturated heterocycles. The Hall–Kier alpha value is -0.870. The van der Waals surface area contributed by atoms with Gasteiger partial charge in [0.1, 0.15) is 0 Å². The summed E-state index contributed by atoms with van der Waals surface area (Å²) in [5.74, 6) is 0.679. The molecule has 2 unspecified atom stereocenters. The van der Waals surface area contributed by atoms with E-state index >= 15 is 0 Å². The minimum Gasteiger partial charge on any atom is -0.330 e. The van der Waals surface area contributed by atoms with Crippen molar-refractivity contribution in [1.29, 1.82) is 0 Å². The van der Waals surface area contributed by atoms with Crippen LogP contribution in [0.2, 0.25) is 0 Å². The Kier molecular flexibility index (Phi) is 4.18. The summed E-state index contributed by atoms with van der Waals surface area (Å²) in [6.45, 7) is 5.09. The minimum atomic E-state index is 0.659. The van der Waals surface area contributed by atoms with Crippen molar-refractivity contribution in [3.05, 3.63) is 18.0 Å². The van der Waals surface area contributed by atoms with Gasteiger partial charge in [0.05, 0.1) is 5.69 Å². The first-order valence-corrected chi connectivity index (χ1v) is 6.67. The van der Waals surface area contributed by atoms with Crippen LogP contribution in [0, 0.1) is 5.92 Å². The quantitative estimate of drug-likeness (QED) is 0.840. The van der Waals surface area contributed by atoms with E-state index in [2.05, 4.69) is 23.0 Å². The van der Waals surface area contributed by atoms with Gasteiger partial charge in [0.15, 0.2) is 0 Å². The molecule has 1 aromatic rings. The lowest BCUT2D eigenvalue weighted by Crippen LogP contribution is -2.39. The topological polar surface area (TPSA) is 47.1 Å². The number of rotatable bonds is 5. The third kappa shape index (κ3) is 2.87. The maximum absolute atomic E-state index is 5.87. The molecule has 1 aromatic heterocycles. The molecule has 2 atom stereocenters. The zero-order chi connectivity index (χ0) is 12.3. The Morgan fingerprint density at radius 2 is 2.35 bits per heavy atom. The Bertz CT molecular complexity index is 347. The predicted molar refractivity (Wildman–Crippen MR) is 69.5 cm³/mol. The average Bonchev–Trinajstić information content (AvgIpc) is 2.94. The Morgan fingerprint density at radius 3 is 2.94 bits per heavy atom. The van der Waals surface area contributed by atoms with Crippen molar-refractivity contribution in [3.63, 3.8) is 0 Å². The highest BCUT2D eigenvalue weighted by atomic mass is 15.3. The Morgan fingerprint density at radius 1 is 1.53 bits per heavy atom. The van der Waals surface area contributed by atoms with Crippen molar-refractivity contribution in [2.45, 2.75) is 38.8 Å². The molecule has 0 aromatic carbocycles. The van der Waals surface area contributed by atoms with Crippen LogP contribution in [0.15, 0.2) is 12.3 Å². The summed E-state index contributed by atoms with van der Waals surface area (Å²) in [5, 5.41) is 4.46. The fourth-order valence-electron chi connectivity index (χ4n) is 2.99. The standard InChI is InChI=1S/C13H24N4/c1-3-17(10-12-7-8-16(2)15-12)13-6-4-5-11(13)9-14/h7-8,11,13H,3-6,9-10,14H2,1-2H3. The van der Waals surface area contributed by atoms with E-state index in [0.29, 0.717) is 12.0 Å². The molecule has 1 aliphatic rings. The Balaban J connectivity index is 2.00. The van der Waals surface area contributed by atoms with E-state index in [1.165, 1.54) is 19.3 Å². The number of nitrogens with zero attached hydrogens (tertiary/aromatic N) is 3. The van der Waals surface area contributed by atoms with Crippen molar-refractivity contribution in [2.75, 3.05) is 13.1 Å². The molecule has 0 radical (unpaired) electrons. The van der Waals surface area contributed by atoms with Crippen LogP contribution < -0.4 is 5.73 Å². The maximum atomic E-state index is 5.87. The second kappa shape index (κ2) is 5.65. The van der Waals surface area contributed by atoms with Crippen LogP contribution in [0.5, 0.6) is 0 Å². The minimum absolute atomic E-state index is 0.659. The molecule has 1 fully saturated rings. The lowest BCUT2D eigenvalue weighted by molar-refractivity contribution is 0.160. The van der Waals surface area contributed by atoms with Crippen LogP contribution in [-0.4, -0.2) is 33.8 Å². The average molecular weight is 236 g/mol. The molecule has 0 amide bonds. The van der Waals surface area contributed by atoms with Crippen LogP contribution in [0.3, 0.4) is 0 Å². The predicted octanol–water partition coefficient (Wildman–Crippen LogP) is 1.37. The SMILES string of the molecule is CCN(Cc1ccn(C)n1)C1CCCC1CN. The molecule has 0 bridgehead atoms. The number of hydrogen-bond acceptors (Lipinski definition) is 3. The summed E-state index contributed by atoms with van der Waals surface area (Å²) < 4.78 is 1.87. The van der Waals surface area contributed by atoms with E-state index in [1.54, 1.807) is 0 Å². The van der Waals surface area contributed by atoms with Gasteiger partial charge in [-0.05, 0) is 37.9 Å². The van der Waals surface area contributed by atoms with Gasteiger partial charge in [-0.2, -0.15) is 5.10 Å². The van der Waals surface area contributed by atoms with E-state index in [9.17, 15) is 0 Å². The summed E-state index contributed by atoms with van der Waals surface area (Å²) in [7, 11) is 1.97. The second-order valence-corrected chi connectivity index (χ2v) is 5.04. The summed E-state index contributed by atoms with van der Waals surface area (Å²) in [6.07, 6.45) is 5.92. The number of aromatic nitrogens is 2. The Labute approximate surface area is 104 Å². The largest absolute Gasteiger partial charge is 0.330 e. The van der Waals surface area contributed by atoms with E-state index in [0.717, 1.165) is 25.3 Å². The molecule has 96 valence electrons. The van der Waals surface area contributed by atoms with E-state index in [-0.39, 0.29) is 0 Å². The molecule has 2 N–H and O–H groups in total. The fraction of sp³-hybridized carbons (Fsp3) is 0.769. The van der Waals surface area contributed by atoms with Gasteiger partial charge in [-0.25, -0.2) is 0 Å². The first-order valence-electron chi connectivity index (χ1n) is 6.67. The lowest BCUT2D eigenvalue weighted by atomic mass is 10.0. The first-order chi connectivity index (χ1) is 8.24. The molecule has 0 aliphatic heterocycles. The van der Waals surface area contributed by atoms with Crippen LogP contribution in [0.4, 0.5) is 0 Å². The monoisotopic (exact) mass is 236 g/mol. The van der Waals surface area contributed by atoms with Gasteiger partial charge in [-0.15, -0.1) is 0 Å². The highest BCUT2D eigenvalue weighted by Crippen LogP contribution is 2.29. The van der Waals surface area contributed by atoms with Gasteiger partial charge in [-0.3, -0.25) is 9.58 Å². The molecule has 1 heterocycles. The second-order valence-electron chi connectivity index (χ2n) is 5.04. The summed E-state index contributed by atoms with van der Waals surface area (Å²) >= 11 is 0. The van der Waals surface area contributed by atoms with E-state index in [1.807, 2.05) is 17.9 Å². The van der Waals surface area contributed by atoms with Gasteiger partial charge in [0.2, 0.25) is 0 Å². The highest BCUT2D eigenvalue weighted by Gasteiger charge is 2.30. The van der Waals surface area contributed by atoms with Crippen molar-refractivity contribution >= 4 is 0 Å². The molecule has 4 nitrogen and oxygen atoms in total. The molecule has 17 heavy (non-hydrogen) atoms. The maximum Gasteiger partial charge on any atom is 0.0764 e. The molecule has 4 heteroatoms. The van der Waals surface area contributed by atoms with Crippen LogP contribution >= 0.6 is 0 Å². The summed E-state index contributed by atoms with van der Waals surface area (Å²) in [5.41, 5.74) is 7.03. The van der Waals surface area contributed by atoms with Gasteiger partial charge >= 0.3 is 0 Å². The number of hydrogen-bond donors (Lipinski definition) is 1. The molecule has 1 aliphatic carbocycles. The zero-order valence-electron chi connectivity index (χ0n) is 11.0. The fourth-order valence-corrected chi connectivity index (χ4v) is 2.99. The zero-order valence-corrected chi connectivity index (χ0v) is 11.0. The van der Waals surface area contributed by atoms with Gasteiger partial charge in [0, 0.05) is 25.8 Å². The van der Waals surface area contributed by atoms with E-state index in [4.69, 9.17) is 5.73 Å². The normalized spacial score (nSPS) is 24.7. The van der Waals surface area contributed by atoms with Crippen molar-refractivity contribution in [1.82, 2.24) is 14.7 Å².